The zero-order chi connectivity index (χ0) is 43.0. The topological polar surface area (TPSA) is 171 Å². The molecule has 0 aliphatic carbocycles. The third-order valence-corrected chi connectivity index (χ3v) is 13.3. The highest BCUT2D eigenvalue weighted by Gasteiger charge is 2.29. The van der Waals surface area contributed by atoms with Crippen LogP contribution in [0.4, 0.5) is 0 Å². The van der Waals surface area contributed by atoms with Crippen LogP contribution in [0.25, 0.3) is 0 Å². The first-order valence-corrected chi connectivity index (χ1v) is 21.7. The molecule has 9 nitrogen and oxygen atoms in total. The minimum absolute atomic E-state index is 0.118. The second-order valence-corrected chi connectivity index (χ2v) is 22.3. The number of hydrogen-bond acceptors (Lipinski definition) is 11. The highest BCUT2D eigenvalue weighted by atomic mass is 32.2. The molecule has 1 aliphatic rings. The summed E-state index contributed by atoms with van der Waals surface area (Å²) < 4.78 is 6.47. The first-order valence-electron chi connectivity index (χ1n) is 18.4. The Bertz CT molecular complexity index is 2040. The quantitative estimate of drug-likeness (QED) is 0.0949. The number of nitrogens with two attached hydrogens (primary N) is 1. The molecule has 1 heterocycles. The van der Waals surface area contributed by atoms with Crippen molar-refractivity contribution in [3.8, 4) is 23.0 Å². The Balaban J connectivity index is 0.00000111. The average molecular weight is 854 g/mol. The average Bonchev–Trinajstić information content (AvgIpc) is 3.07. The zero-order valence-corrected chi connectivity index (χ0v) is 38.0. The predicted molar refractivity (Wildman–Crippen MR) is 232 cm³/mol. The Hall–Kier alpha value is -3.62. The number of carboxylic acids is 2. The molecular weight excluding hydrogens is 799 g/mol. The van der Waals surface area contributed by atoms with Gasteiger partial charge in [0, 0.05) is 6.54 Å². The number of aromatic hydroxyl groups is 3. The summed E-state index contributed by atoms with van der Waals surface area (Å²) in [5.41, 5.74) is 9.41. The molecule has 8 bridgehead atoms. The molecule has 4 aromatic carbocycles. The van der Waals surface area contributed by atoms with Gasteiger partial charge in [-0.05, 0) is 92.4 Å². The maximum Gasteiger partial charge on any atom is 0.414 e. The number of carbonyl (C=O) groups is 2. The SMILES string of the molecule is CC(C)(C)c1cc2c(O)c(c1)Sc1cc(C(C)(C)C)cc(c1O)Sc1cc(C(C)(C)C)cc(c1OCCN)Sc1cc(C(C)(C)C)cc(c1O)S2.O=C(O)C(=O)O. The van der Waals surface area contributed by atoms with Crippen molar-refractivity contribution in [2.75, 3.05) is 13.2 Å². The van der Waals surface area contributed by atoms with Crippen LogP contribution in [0, 0.1) is 0 Å². The van der Waals surface area contributed by atoms with Gasteiger partial charge in [0.05, 0.1) is 39.2 Å². The number of hydrogen-bond donors (Lipinski definition) is 6. The molecule has 0 atom stereocenters. The summed E-state index contributed by atoms with van der Waals surface area (Å²) in [7, 11) is 0. The maximum absolute atomic E-state index is 12.0. The molecule has 5 rings (SSSR count). The lowest BCUT2D eigenvalue weighted by molar-refractivity contribution is -0.159. The van der Waals surface area contributed by atoms with Crippen molar-refractivity contribution >= 4 is 59.0 Å². The molecule has 1 aliphatic heterocycles. The van der Waals surface area contributed by atoms with E-state index in [0.29, 0.717) is 48.3 Å². The van der Waals surface area contributed by atoms with E-state index in [1.165, 1.54) is 47.0 Å². The van der Waals surface area contributed by atoms with Gasteiger partial charge >= 0.3 is 11.9 Å². The molecule has 57 heavy (non-hydrogen) atoms. The Morgan fingerprint density at radius 2 is 0.684 bits per heavy atom. The highest BCUT2D eigenvalue weighted by Crippen LogP contribution is 2.55. The number of carboxylic acid groups (broad SMARTS) is 2. The number of aliphatic carboxylic acids is 2. The summed E-state index contributed by atoms with van der Waals surface area (Å²) in [6, 6.07) is 16.5. The summed E-state index contributed by atoms with van der Waals surface area (Å²) in [5.74, 6) is -2.56. The van der Waals surface area contributed by atoms with Gasteiger partial charge in [-0.3, -0.25) is 0 Å². The van der Waals surface area contributed by atoms with Crippen LogP contribution in [0.2, 0.25) is 0 Å². The van der Waals surface area contributed by atoms with Gasteiger partial charge in [-0.25, -0.2) is 9.59 Å². The van der Waals surface area contributed by atoms with Crippen LogP contribution in [0.1, 0.15) is 105 Å². The number of fused-ring (bicyclic) bond motifs is 8. The molecule has 4 aromatic rings. The lowest BCUT2D eigenvalue weighted by atomic mass is 9.87. The van der Waals surface area contributed by atoms with Crippen LogP contribution >= 0.6 is 47.0 Å². The van der Waals surface area contributed by atoms with Gasteiger partial charge in [-0.2, -0.15) is 0 Å². The van der Waals surface area contributed by atoms with Crippen LogP contribution < -0.4 is 10.5 Å². The van der Waals surface area contributed by atoms with E-state index in [0.717, 1.165) is 32.0 Å². The van der Waals surface area contributed by atoms with E-state index in [1.54, 1.807) is 0 Å². The van der Waals surface area contributed by atoms with Crippen molar-refractivity contribution in [1.82, 2.24) is 0 Å². The summed E-state index contributed by atoms with van der Waals surface area (Å²) >= 11 is 5.66. The summed E-state index contributed by atoms with van der Waals surface area (Å²) in [6.45, 7) is 26.6. The molecule has 0 fully saturated rings. The van der Waals surface area contributed by atoms with E-state index in [4.69, 9.17) is 30.3 Å². The van der Waals surface area contributed by atoms with Crippen molar-refractivity contribution in [2.24, 2.45) is 5.73 Å². The molecule has 7 N–H and O–H groups in total. The second kappa shape index (κ2) is 17.3. The van der Waals surface area contributed by atoms with Gasteiger partial charge in [-0.15, -0.1) is 0 Å². The monoisotopic (exact) mass is 853 g/mol. The maximum atomic E-state index is 12.0. The highest BCUT2D eigenvalue weighted by molar-refractivity contribution is 8.01. The van der Waals surface area contributed by atoms with Crippen LogP contribution in [-0.2, 0) is 31.2 Å². The summed E-state index contributed by atoms with van der Waals surface area (Å²) in [4.78, 5) is 23.9. The van der Waals surface area contributed by atoms with Crippen LogP contribution in [0.3, 0.4) is 0 Å². The third kappa shape index (κ3) is 11.3. The number of phenols is 3. The zero-order valence-electron chi connectivity index (χ0n) is 34.7. The van der Waals surface area contributed by atoms with Gasteiger partial charge in [0.1, 0.15) is 29.6 Å². The van der Waals surface area contributed by atoms with Gasteiger partial charge in [0.25, 0.3) is 0 Å². The van der Waals surface area contributed by atoms with Gasteiger partial charge in [0.15, 0.2) is 0 Å². The lowest BCUT2D eigenvalue weighted by Gasteiger charge is -2.27. The number of ether oxygens (including phenoxy) is 1. The van der Waals surface area contributed by atoms with Crippen molar-refractivity contribution in [2.45, 2.75) is 144 Å². The minimum atomic E-state index is -1.82. The first kappa shape index (κ1) is 46.1. The summed E-state index contributed by atoms with van der Waals surface area (Å²) in [5, 5.41) is 50.8. The van der Waals surface area contributed by atoms with Gasteiger partial charge < -0.3 is 36.0 Å². The van der Waals surface area contributed by atoms with E-state index in [-0.39, 0.29) is 38.9 Å². The van der Waals surface area contributed by atoms with Crippen LogP contribution in [0.15, 0.2) is 87.7 Å². The molecule has 0 saturated carbocycles. The Labute approximate surface area is 353 Å². The Morgan fingerprint density at radius 1 is 0.474 bits per heavy atom. The molecule has 13 heteroatoms. The second-order valence-electron chi connectivity index (χ2n) is 17.9. The molecule has 0 amide bonds. The van der Waals surface area contributed by atoms with Gasteiger partial charge in [0.2, 0.25) is 0 Å². The molecule has 0 aromatic heterocycles. The Morgan fingerprint density at radius 3 is 0.877 bits per heavy atom. The van der Waals surface area contributed by atoms with Crippen molar-refractivity contribution in [3.63, 3.8) is 0 Å². The fraction of sp³-hybridized carbons (Fsp3) is 0.409. The van der Waals surface area contributed by atoms with E-state index >= 15 is 0 Å². The van der Waals surface area contributed by atoms with E-state index in [2.05, 4.69) is 107 Å². The fourth-order valence-electron chi connectivity index (χ4n) is 5.45. The van der Waals surface area contributed by atoms with Crippen molar-refractivity contribution in [1.29, 1.82) is 0 Å². The molecule has 0 saturated heterocycles. The van der Waals surface area contributed by atoms with Crippen molar-refractivity contribution < 1.29 is 39.9 Å². The van der Waals surface area contributed by atoms with E-state index < -0.39 is 11.9 Å². The van der Waals surface area contributed by atoms with Crippen LogP contribution in [-0.4, -0.2) is 50.6 Å². The molecule has 0 radical (unpaired) electrons. The first-order chi connectivity index (χ1) is 26.1. The van der Waals surface area contributed by atoms with E-state index in [9.17, 15) is 15.3 Å². The van der Waals surface area contributed by atoms with Crippen LogP contribution in [0.5, 0.6) is 23.0 Å². The fourth-order valence-corrected chi connectivity index (χ4v) is 9.91. The summed E-state index contributed by atoms with van der Waals surface area (Å²) in [6.07, 6.45) is 0. The van der Waals surface area contributed by atoms with E-state index in [1.807, 2.05) is 24.3 Å². The molecule has 308 valence electrons. The normalized spacial score (nSPS) is 13.4. The van der Waals surface area contributed by atoms with Crippen molar-refractivity contribution in [3.05, 3.63) is 70.8 Å². The number of rotatable bonds is 3. The Kier molecular flexibility index (Phi) is 14.0. The molecule has 0 unspecified atom stereocenters. The molecule has 0 spiro atoms. The van der Waals surface area contributed by atoms with Gasteiger partial charge in [-0.1, -0.05) is 130 Å². The number of phenolic OH excluding ortho intramolecular Hbond substituents is 3. The largest absolute Gasteiger partial charge is 0.506 e. The predicted octanol–water partition coefficient (Wildman–Crippen LogP) is 11.4. The standard InChI is InChI=1S/C42H53NO4S4.C2H2O4/c1-39(2,3)23-15-27-35(44)28(16-23)49-30-18-25(41(7,8)9)20-32(37(30)46)51-34-22-26(42(10,11)12)21-33(38(34)47-14-13-43)50-31-19-24(40(4,5)6)17-29(48-27)36(31)45;3-1(4)2(5)6/h15-22,44-46H,13-14,43H2,1-12H3;(H,3,4)(H,5,6). The molecular formula is C44H55NO8S4. The minimum Gasteiger partial charge on any atom is -0.506 e. The lowest BCUT2D eigenvalue weighted by Crippen LogP contribution is -2.14. The third-order valence-electron chi connectivity index (χ3n) is 9.03. The smallest absolute Gasteiger partial charge is 0.414 e. The number of benzene rings is 4.